The summed E-state index contributed by atoms with van der Waals surface area (Å²) in [4.78, 5) is 17.7. The quantitative estimate of drug-likeness (QED) is 0.155. The summed E-state index contributed by atoms with van der Waals surface area (Å²) in [5.74, 6) is 1.86. The first-order valence-electron chi connectivity index (χ1n) is 20.2. The van der Waals surface area contributed by atoms with Crippen LogP contribution < -0.4 is 4.90 Å². The first kappa shape index (κ1) is 35.9. The predicted molar refractivity (Wildman–Crippen MR) is 245 cm³/mol. The van der Waals surface area contributed by atoms with Gasteiger partial charge in [0.15, 0.2) is 17.5 Å². The SMILES string of the molecule is CN(c1cccc(-c2nc(-c3ccccc3)nc(-c3cc(-c4ccccc4)cc(-c4ccccc4)c3)n2)c1)c1ccccc1-c1ccc2c(c1)-c1ccccc1C2(C)C. The largest absolute Gasteiger partial charge is 0.344 e. The predicted octanol–water partition coefficient (Wildman–Crippen LogP) is 13.9. The highest BCUT2D eigenvalue weighted by molar-refractivity contribution is 5.89. The van der Waals surface area contributed by atoms with E-state index in [0.29, 0.717) is 17.5 Å². The van der Waals surface area contributed by atoms with Gasteiger partial charge in [-0.2, -0.15) is 0 Å². The van der Waals surface area contributed by atoms with Gasteiger partial charge in [-0.05, 0) is 92.5 Å². The van der Waals surface area contributed by atoms with E-state index in [1.54, 1.807) is 0 Å². The fraction of sp³-hybridized carbons (Fsp3) is 0.0727. The van der Waals surface area contributed by atoms with Gasteiger partial charge in [0, 0.05) is 46.1 Å². The van der Waals surface area contributed by atoms with Gasteiger partial charge in [0.1, 0.15) is 0 Å². The van der Waals surface area contributed by atoms with Gasteiger partial charge in [-0.1, -0.05) is 172 Å². The summed E-state index contributed by atoms with van der Waals surface area (Å²) in [6.07, 6.45) is 0. The molecule has 0 N–H and O–H groups in total. The Bertz CT molecular complexity index is 2920. The number of rotatable bonds is 8. The zero-order valence-corrected chi connectivity index (χ0v) is 33.3. The molecule has 1 aromatic heterocycles. The molecule has 282 valence electrons. The van der Waals surface area contributed by atoms with Gasteiger partial charge in [-0.15, -0.1) is 0 Å². The molecule has 0 radical (unpaired) electrons. The molecular weight excluding hydrogens is 717 g/mol. The smallest absolute Gasteiger partial charge is 0.164 e. The van der Waals surface area contributed by atoms with E-state index in [-0.39, 0.29) is 5.41 Å². The zero-order valence-electron chi connectivity index (χ0n) is 33.3. The molecule has 0 spiro atoms. The molecule has 0 fully saturated rings. The van der Waals surface area contributed by atoms with Crippen LogP contribution in [0, 0.1) is 0 Å². The van der Waals surface area contributed by atoms with E-state index in [0.717, 1.165) is 50.3 Å². The maximum Gasteiger partial charge on any atom is 0.164 e. The van der Waals surface area contributed by atoms with E-state index < -0.39 is 0 Å². The Morgan fingerprint density at radius 1 is 0.339 bits per heavy atom. The van der Waals surface area contributed by atoms with Crippen molar-refractivity contribution in [2.24, 2.45) is 0 Å². The molecule has 1 heterocycles. The summed E-state index contributed by atoms with van der Waals surface area (Å²) in [5, 5.41) is 0. The van der Waals surface area contributed by atoms with Crippen LogP contribution in [0.25, 0.3) is 78.7 Å². The summed E-state index contributed by atoms with van der Waals surface area (Å²) < 4.78 is 0. The molecule has 0 bridgehead atoms. The van der Waals surface area contributed by atoms with Crippen molar-refractivity contribution < 1.29 is 0 Å². The molecule has 9 aromatic rings. The fourth-order valence-corrected chi connectivity index (χ4v) is 8.59. The molecule has 10 rings (SSSR count). The van der Waals surface area contributed by atoms with Gasteiger partial charge < -0.3 is 4.90 Å². The average molecular weight is 759 g/mol. The molecule has 0 amide bonds. The van der Waals surface area contributed by atoms with Gasteiger partial charge >= 0.3 is 0 Å². The minimum atomic E-state index is -0.0364. The molecular formula is C55H42N4. The van der Waals surface area contributed by atoms with Crippen LogP contribution in [0.5, 0.6) is 0 Å². The molecule has 0 unspecified atom stereocenters. The first-order chi connectivity index (χ1) is 28.9. The van der Waals surface area contributed by atoms with Gasteiger partial charge in [-0.3, -0.25) is 0 Å². The van der Waals surface area contributed by atoms with Crippen LogP contribution in [-0.2, 0) is 5.41 Å². The molecule has 0 aliphatic heterocycles. The third kappa shape index (κ3) is 6.69. The summed E-state index contributed by atoms with van der Waals surface area (Å²) in [5.41, 5.74) is 17.1. The molecule has 59 heavy (non-hydrogen) atoms. The van der Waals surface area contributed by atoms with Crippen LogP contribution in [0.2, 0.25) is 0 Å². The lowest BCUT2D eigenvalue weighted by molar-refractivity contribution is 0.660. The van der Waals surface area contributed by atoms with E-state index in [1.165, 1.54) is 33.4 Å². The highest BCUT2D eigenvalue weighted by Gasteiger charge is 2.35. The van der Waals surface area contributed by atoms with Crippen LogP contribution in [0.3, 0.4) is 0 Å². The highest BCUT2D eigenvalue weighted by atomic mass is 15.1. The molecule has 0 atom stereocenters. The van der Waals surface area contributed by atoms with Crippen LogP contribution in [0.1, 0.15) is 25.0 Å². The standard InChI is InChI=1S/C55H42N4/c1-55(2)49-28-15-13-27-47(49)48-36-40(30-31-50(48)55)46-26-14-16-29-51(46)59(3)45-25-17-24-41(35-45)53-56-52(39-22-11-6-12-23-39)57-54(58-53)44-33-42(37-18-7-4-8-19-37)32-43(34-44)38-20-9-5-10-21-38/h4-36H,1-3H3. The number of aromatic nitrogens is 3. The summed E-state index contributed by atoms with van der Waals surface area (Å²) in [7, 11) is 2.14. The number of anilines is 2. The van der Waals surface area contributed by atoms with E-state index >= 15 is 0 Å². The van der Waals surface area contributed by atoms with Gasteiger partial charge in [0.2, 0.25) is 0 Å². The molecule has 1 aliphatic rings. The topological polar surface area (TPSA) is 41.9 Å². The Morgan fingerprint density at radius 3 is 1.49 bits per heavy atom. The van der Waals surface area contributed by atoms with Gasteiger partial charge in [0.25, 0.3) is 0 Å². The van der Waals surface area contributed by atoms with Crippen LogP contribution in [-0.4, -0.2) is 22.0 Å². The van der Waals surface area contributed by atoms with E-state index in [2.05, 4.69) is 196 Å². The van der Waals surface area contributed by atoms with E-state index in [4.69, 9.17) is 15.0 Å². The molecule has 0 saturated heterocycles. The second kappa shape index (κ2) is 14.8. The van der Waals surface area contributed by atoms with Crippen molar-refractivity contribution in [2.45, 2.75) is 19.3 Å². The zero-order chi connectivity index (χ0) is 39.9. The Balaban J connectivity index is 1.07. The second-order valence-electron chi connectivity index (χ2n) is 15.8. The van der Waals surface area contributed by atoms with Crippen LogP contribution >= 0.6 is 0 Å². The number of nitrogens with zero attached hydrogens (tertiary/aromatic N) is 4. The van der Waals surface area contributed by atoms with Crippen molar-refractivity contribution in [1.82, 2.24) is 15.0 Å². The third-order valence-corrected chi connectivity index (χ3v) is 11.7. The van der Waals surface area contributed by atoms with Crippen LogP contribution in [0.15, 0.2) is 200 Å². The number of fused-ring (bicyclic) bond motifs is 3. The van der Waals surface area contributed by atoms with Crippen molar-refractivity contribution in [1.29, 1.82) is 0 Å². The number of hydrogen-bond acceptors (Lipinski definition) is 4. The number of benzene rings is 8. The average Bonchev–Trinajstić information content (AvgIpc) is 3.54. The maximum absolute atomic E-state index is 5.23. The highest BCUT2D eigenvalue weighted by Crippen LogP contribution is 2.50. The lowest BCUT2D eigenvalue weighted by atomic mass is 9.82. The molecule has 0 saturated carbocycles. The molecule has 1 aliphatic carbocycles. The van der Waals surface area contributed by atoms with Gasteiger partial charge in [-0.25, -0.2) is 15.0 Å². The number of hydrogen-bond donors (Lipinski definition) is 0. The third-order valence-electron chi connectivity index (χ3n) is 11.7. The van der Waals surface area contributed by atoms with Gasteiger partial charge in [0.05, 0.1) is 0 Å². The van der Waals surface area contributed by atoms with Crippen molar-refractivity contribution in [3.8, 4) is 78.7 Å². The number of para-hydroxylation sites is 1. The van der Waals surface area contributed by atoms with Crippen molar-refractivity contribution in [2.75, 3.05) is 11.9 Å². The summed E-state index contributed by atoms with van der Waals surface area (Å²) in [6.45, 7) is 4.65. The normalized spacial score (nSPS) is 12.5. The van der Waals surface area contributed by atoms with Crippen molar-refractivity contribution in [3.63, 3.8) is 0 Å². The lowest BCUT2D eigenvalue weighted by Crippen LogP contribution is -2.14. The summed E-state index contributed by atoms with van der Waals surface area (Å²) in [6, 6.07) is 70.8. The van der Waals surface area contributed by atoms with Crippen molar-refractivity contribution >= 4 is 11.4 Å². The second-order valence-corrected chi connectivity index (χ2v) is 15.8. The summed E-state index contributed by atoms with van der Waals surface area (Å²) >= 11 is 0. The molecule has 8 aromatic carbocycles. The minimum absolute atomic E-state index is 0.0364. The van der Waals surface area contributed by atoms with E-state index in [1.807, 2.05) is 30.3 Å². The Morgan fingerprint density at radius 2 is 0.831 bits per heavy atom. The lowest BCUT2D eigenvalue weighted by Gasteiger charge is -2.24. The fourth-order valence-electron chi connectivity index (χ4n) is 8.59. The Labute approximate surface area is 346 Å². The first-order valence-corrected chi connectivity index (χ1v) is 20.2. The monoisotopic (exact) mass is 758 g/mol. The van der Waals surface area contributed by atoms with Crippen molar-refractivity contribution in [3.05, 3.63) is 211 Å². The Kier molecular flexibility index (Phi) is 9.03. The Hall–Kier alpha value is -7.43. The maximum atomic E-state index is 5.23. The van der Waals surface area contributed by atoms with Crippen LogP contribution in [0.4, 0.5) is 11.4 Å². The molecule has 4 heteroatoms. The minimum Gasteiger partial charge on any atom is -0.344 e. The van der Waals surface area contributed by atoms with E-state index in [9.17, 15) is 0 Å². The molecule has 4 nitrogen and oxygen atoms in total.